The Balaban J connectivity index is 2.20. The number of halogens is 2. The monoisotopic (exact) mass is 353 g/mol. The summed E-state index contributed by atoms with van der Waals surface area (Å²) in [6, 6.07) is 8.38. The van der Waals surface area contributed by atoms with Crippen molar-refractivity contribution < 1.29 is 13.9 Å². The van der Waals surface area contributed by atoms with Crippen molar-refractivity contribution in [1.82, 2.24) is 4.57 Å². The van der Waals surface area contributed by atoms with Crippen molar-refractivity contribution in [3.05, 3.63) is 58.1 Å². The average Bonchev–Trinajstić information content (AvgIpc) is 2.90. The Labute approximate surface area is 131 Å². The minimum atomic E-state index is -0.357. The number of rotatable bonds is 5. The van der Waals surface area contributed by atoms with E-state index in [1.165, 1.54) is 6.07 Å². The maximum Gasteiger partial charge on any atom is 0.354 e. The van der Waals surface area contributed by atoms with Crippen LogP contribution in [0, 0.1) is 5.82 Å². The summed E-state index contributed by atoms with van der Waals surface area (Å²) in [5.74, 6) is -0.664. The molecule has 21 heavy (non-hydrogen) atoms. The molecule has 0 radical (unpaired) electrons. The maximum absolute atomic E-state index is 13.9. The first-order chi connectivity index (χ1) is 10.0. The van der Waals surface area contributed by atoms with E-state index in [1.54, 1.807) is 42.0 Å². The van der Waals surface area contributed by atoms with E-state index in [-0.39, 0.29) is 17.7 Å². The number of carbonyl (C=O) groups excluding carboxylic acids is 1. The van der Waals surface area contributed by atoms with E-state index < -0.39 is 0 Å². The predicted molar refractivity (Wildman–Crippen MR) is 82.9 cm³/mol. The van der Waals surface area contributed by atoms with Crippen LogP contribution in [0.15, 0.2) is 41.0 Å². The van der Waals surface area contributed by atoms with Gasteiger partial charge in [0.1, 0.15) is 11.5 Å². The fourth-order valence-corrected chi connectivity index (χ4v) is 2.63. The van der Waals surface area contributed by atoms with E-state index in [0.717, 1.165) is 4.47 Å². The summed E-state index contributed by atoms with van der Waals surface area (Å²) in [6.07, 6.45) is 1.80. The molecular weight excluding hydrogens is 337 g/mol. The van der Waals surface area contributed by atoms with Crippen LogP contribution in [0.4, 0.5) is 4.39 Å². The molecule has 0 saturated carbocycles. The molecule has 5 heteroatoms. The third-order valence-corrected chi connectivity index (χ3v) is 3.77. The van der Waals surface area contributed by atoms with Gasteiger partial charge in [0.25, 0.3) is 0 Å². The van der Waals surface area contributed by atoms with Crippen molar-refractivity contribution in [3.63, 3.8) is 0 Å². The van der Waals surface area contributed by atoms with E-state index in [9.17, 15) is 9.18 Å². The summed E-state index contributed by atoms with van der Waals surface area (Å²) in [4.78, 5) is 11.8. The molecule has 0 saturated heterocycles. The standard InChI is InChI=1S/C16H17BrFNO2/c1-3-21-16(20)15-5-4-8-19(15)10-11(2)13-9-12(17)6-7-14(13)18/h4-9,11H,3,10H2,1-2H3. The lowest BCUT2D eigenvalue weighted by molar-refractivity contribution is 0.0513. The molecule has 1 aromatic carbocycles. The zero-order valence-electron chi connectivity index (χ0n) is 12.0. The fourth-order valence-electron chi connectivity index (χ4n) is 2.25. The summed E-state index contributed by atoms with van der Waals surface area (Å²) in [7, 11) is 0. The van der Waals surface area contributed by atoms with Gasteiger partial charge in [0.05, 0.1) is 6.61 Å². The molecule has 0 aliphatic carbocycles. The molecular formula is C16H17BrFNO2. The van der Waals surface area contributed by atoms with E-state index in [1.807, 2.05) is 6.92 Å². The molecule has 0 aliphatic heterocycles. The predicted octanol–water partition coefficient (Wildman–Crippen LogP) is 4.37. The van der Waals surface area contributed by atoms with Crippen molar-refractivity contribution in [2.24, 2.45) is 0 Å². The normalized spacial score (nSPS) is 12.2. The van der Waals surface area contributed by atoms with Crippen LogP contribution in [-0.2, 0) is 11.3 Å². The summed E-state index contributed by atoms with van der Waals surface area (Å²) < 4.78 is 21.6. The fraction of sp³-hybridized carbons (Fsp3) is 0.312. The van der Waals surface area contributed by atoms with Gasteiger partial charge in [-0.05, 0) is 42.8 Å². The zero-order chi connectivity index (χ0) is 15.4. The molecule has 3 nitrogen and oxygen atoms in total. The number of esters is 1. The van der Waals surface area contributed by atoms with Gasteiger partial charge in [0, 0.05) is 23.1 Å². The highest BCUT2D eigenvalue weighted by atomic mass is 79.9. The molecule has 0 amide bonds. The SMILES string of the molecule is CCOC(=O)c1cccn1CC(C)c1cc(Br)ccc1F. The van der Waals surface area contributed by atoms with Gasteiger partial charge in [0.2, 0.25) is 0 Å². The lowest BCUT2D eigenvalue weighted by Crippen LogP contribution is -2.15. The van der Waals surface area contributed by atoms with Crippen molar-refractivity contribution in [2.75, 3.05) is 6.61 Å². The van der Waals surface area contributed by atoms with Crippen LogP contribution < -0.4 is 0 Å². The van der Waals surface area contributed by atoms with Gasteiger partial charge in [-0.2, -0.15) is 0 Å². The van der Waals surface area contributed by atoms with Gasteiger partial charge in [-0.15, -0.1) is 0 Å². The Morgan fingerprint density at radius 2 is 2.19 bits per heavy atom. The summed E-state index contributed by atoms with van der Waals surface area (Å²) >= 11 is 3.35. The van der Waals surface area contributed by atoms with Crippen LogP contribution in [0.25, 0.3) is 0 Å². The van der Waals surface area contributed by atoms with E-state index in [0.29, 0.717) is 24.4 Å². The molecule has 2 rings (SSSR count). The molecule has 0 aliphatic rings. The maximum atomic E-state index is 13.9. The zero-order valence-corrected chi connectivity index (χ0v) is 13.6. The van der Waals surface area contributed by atoms with Gasteiger partial charge in [-0.25, -0.2) is 9.18 Å². The molecule has 1 atom stereocenters. The first kappa shape index (κ1) is 15.8. The smallest absolute Gasteiger partial charge is 0.354 e. The number of aromatic nitrogens is 1. The molecule has 112 valence electrons. The Morgan fingerprint density at radius 1 is 1.43 bits per heavy atom. The van der Waals surface area contributed by atoms with E-state index in [2.05, 4.69) is 15.9 Å². The van der Waals surface area contributed by atoms with Crippen molar-refractivity contribution in [3.8, 4) is 0 Å². The van der Waals surface area contributed by atoms with Crippen LogP contribution >= 0.6 is 15.9 Å². The van der Waals surface area contributed by atoms with Gasteiger partial charge < -0.3 is 9.30 Å². The molecule has 1 unspecified atom stereocenters. The Bertz CT molecular complexity index is 639. The molecule has 0 N–H and O–H groups in total. The first-order valence-electron chi connectivity index (χ1n) is 6.80. The van der Waals surface area contributed by atoms with Crippen LogP contribution in [0.3, 0.4) is 0 Å². The minimum absolute atomic E-state index is 0.0666. The molecule has 2 aromatic rings. The van der Waals surface area contributed by atoms with Crippen molar-refractivity contribution in [1.29, 1.82) is 0 Å². The quantitative estimate of drug-likeness (QED) is 0.747. The Morgan fingerprint density at radius 3 is 2.90 bits per heavy atom. The van der Waals surface area contributed by atoms with Crippen LogP contribution in [-0.4, -0.2) is 17.1 Å². The lowest BCUT2D eigenvalue weighted by Gasteiger charge is -2.16. The number of benzene rings is 1. The third-order valence-electron chi connectivity index (χ3n) is 3.27. The lowest BCUT2D eigenvalue weighted by atomic mass is 10.0. The number of hydrogen-bond donors (Lipinski definition) is 0. The van der Waals surface area contributed by atoms with Crippen LogP contribution in [0.1, 0.15) is 35.8 Å². The van der Waals surface area contributed by atoms with E-state index in [4.69, 9.17) is 4.74 Å². The first-order valence-corrected chi connectivity index (χ1v) is 7.59. The van der Waals surface area contributed by atoms with Gasteiger partial charge in [-0.1, -0.05) is 22.9 Å². The van der Waals surface area contributed by atoms with Crippen molar-refractivity contribution in [2.45, 2.75) is 26.3 Å². The van der Waals surface area contributed by atoms with Gasteiger partial charge >= 0.3 is 5.97 Å². The topological polar surface area (TPSA) is 31.2 Å². The van der Waals surface area contributed by atoms with Crippen LogP contribution in [0.2, 0.25) is 0 Å². The number of hydrogen-bond acceptors (Lipinski definition) is 2. The molecule has 1 heterocycles. The second kappa shape index (κ2) is 6.89. The second-order valence-electron chi connectivity index (χ2n) is 4.83. The number of carbonyl (C=O) groups is 1. The van der Waals surface area contributed by atoms with Gasteiger partial charge in [-0.3, -0.25) is 0 Å². The highest BCUT2D eigenvalue weighted by Gasteiger charge is 2.16. The third kappa shape index (κ3) is 3.73. The molecule has 0 spiro atoms. The van der Waals surface area contributed by atoms with Crippen LogP contribution in [0.5, 0.6) is 0 Å². The Hall–Kier alpha value is -1.62. The Kier molecular flexibility index (Phi) is 5.17. The largest absolute Gasteiger partial charge is 0.461 e. The molecule has 1 aromatic heterocycles. The summed E-state index contributed by atoms with van der Waals surface area (Å²) in [5.41, 5.74) is 1.10. The van der Waals surface area contributed by atoms with Crippen molar-refractivity contribution >= 4 is 21.9 Å². The molecule has 0 bridgehead atoms. The highest BCUT2D eigenvalue weighted by Crippen LogP contribution is 2.25. The molecule has 0 fully saturated rings. The average molecular weight is 354 g/mol. The number of nitrogens with zero attached hydrogens (tertiary/aromatic N) is 1. The minimum Gasteiger partial charge on any atom is -0.461 e. The highest BCUT2D eigenvalue weighted by molar-refractivity contribution is 9.10. The second-order valence-corrected chi connectivity index (χ2v) is 5.75. The summed E-state index contributed by atoms with van der Waals surface area (Å²) in [5, 5.41) is 0. The number of ether oxygens (including phenoxy) is 1. The van der Waals surface area contributed by atoms with Gasteiger partial charge in [0.15, 0.2) is 0 Å². The summed E-state index contributed by atoms with van der Waals surface area (Å²) in [6.45, 7) is 4.54. The van der Waals surface area contributed by atoms with E-state index >= 15 is 0 Å².